The second kappa shape index (κ2) is 7.83. The maximum atomic E-state index is 13.6. The largest absolute Gasteiger partial charge is 0.394 e. The van der Waals surface area contributed by atoms with Crippen molar-refractivity contribution in [1.82, 2.24) is 25.1 Å². The molecule has 0 saturated carbocycles. The lowest BCUT2D eigenvalue weighted by Crippen LogP contribution is -2.57. The number of nitrogens with one attached hydrogen (secondary N) is 2. The molecule has 9 heteroatoms. The lowest BCUT2D eigenvalue weighted by molar-refractivity contribution is -0.125. The number of benzene rings is 1. The second-order valence-corrected chi connectivity index (χ2v) is 9.22. The lowest BCUT2D eigenvalue weighted by atomic mass is 10.1. The van der Waals surface area contributed by atoms with Gasteiger partial charge in [-0.2, -0.15) is 0 Å². The fourth-order valence-electron chi connectivity index (χ4n) is 4.47. The highest BCUT2D eigenvalue weighted by Gasteiger charge is 2.41. The number of fused-ring (bicyclic) bond motifs is 3. The van der Waals surface area contributed by atoms with Crippen molar-refractivity contribution in [3.63, 3.8) is 0 Å². The zero-order chi connectivity index (χ0) is 20.8. The van der Waals surface area contributed by atoms with Crippen LogP contribution >= 0.6 is 11.6 Å². The molecule has 4 rings (SSSR count). The number of halogens is 2. The van der Waals surface area contributed by atoms with E-state index in [1.54, 1.807) is 0 Å². The number of aromatic amines is 1. The maximum Gasteiger partial charge on any atom is 0.234 e. The maximum absolute atomic E-state index is 13.6. The van der Waals surface area contributed by atoms with E-state index in [9.17, 15) is 14.3 Å². The third-order valence-corrected chi connectivity index (χ3v) is 6.12. The number of piperazine rings is 1. The van der Waals surface area contributed by atoms with Crippen LogP contribution in [0.1, 0.15) is 32.5 Å². The molecule has 2 fully saturated rings. The van der Waals surface area contributed by atoms with Gasteiger partial charge in [-0.05, 0) is 38.8 Å². The standard InChI is InChI=1S/C20H27ClFN5O2/c1-20(2,11-28)25-18(29)10-27-13-3-4-14(27)8-26(7-13)9-17-23-16-6-12(22)5-15(21)19(16)24-17/h5-6,13-14,28H,3-4,7-11H2,1-2H3,(H,23,24)(H,25,29). The minimum absolute atomic E-state index is 0.0525. The molecule has 2 atom stereocenters. The highest BCUT2D eigenvalue weighted by atomic mass is 35.5. The molecular formula is C20H27ClFN5O2. The number of amides is 1. The highest BCUT2D eigenvalue weighted by molar-refractivity contribution is 6.34. The number of likely N-dealkylation sites (tertiary alicyclic amines) is 1. The number of hydrogen-bond donors (Lipinski definition) is 3. The molecule has 2 aliphatic rings. The normalized spacial score (nSPS) is 23.1. The second-order valence-electron chi connectivity index (χ2n) is 8.81. The van der Waals surface area contributed by atoms with E-state index in [1.165, 1.54) is 12.1 Å². The summed E-state index contributed by atoms with van der Waals surface area (Å²) in [6.45, 7) is 6.22. The van der Waals surface area contributed by atoms with Gasteiger partial charge in [0, 0.05) is 25.2 Å². The van der Waals surface area contributed by atoms with Gasteiger partial charge in [0.15, 0.2) is 0 Å². The molecule has 2 aliphatic heterocycles. The minimum atomic E-state index is -0.611. The van der Waals surface area contributed by atoms with Gasteiger partial charge < -0.3 is 15.4 Å². The molecular weight excluding hydrogens is 397 g/mol. The summed E-state index contributed by atoms with van der Waals surface area (Å²) >= 11 is 6.10. The predicted octanol–water partition coefficient (Wildman–Crippen LogP) is 1.89. The molecule has 3 heterocycles. The van der Waals surface area contributed by atoms with Crippen molar-refractivity contribution in [2.24, 2.45) is 0 Å². The lowest BCUT2D eigenvalue weighted by Gasteiger charge is -2.40. The Bertz CT molecular complexity index is 904. The quantitative estimate of drug-likeness (QED) is 0.660. The molecule has 29 heavy (non-hydrogen) atoms. The Morgan fingerprint density at radius 3 is 2.72 bits per heavy atom. The number of nitrogens with zero attached hydrogens (tertiary/aromatic N) is 3. The molecule has 2 aromatic rings. The van der Waals surface area contributed by atoms with Gasteiger partial charge in [0.25, 0.3) is 0 Å². The summed E-state index contributed by atoms with van der Waals surface area (Å²) in [5, 5.41) is 12.6. The Morgan fingerprint density at radius 2 is 2.07 bits per heavy atom. The van der Waals surface area contributed by atoms with Crippen LogP contribution in [0.3, 0.4) is 0 Å². The zero-order valence-electron chi connectivity index (χ0n) is 16.7. The fraction of sp³-hybridized carbons (Fsp3) is 0.600. The Balaban J connectivity index is 1.39. The minimum Gasteiger partial charge on any atom is -0.394 e. The van der Waals surface area contributed by atoms with Crippen LogP contribution in [0.5, 0.6) is 0 Å². The summed E-state index contributed by atoms with van der Waals surface area (Å²) in [5.74, 6) is 0.332. The average molecular weight is 424 g/mol. The Hall–Kier alpha value is -1.74. The van der Waals surface area contributed by atoms with Gasteiger partial charge in [-0.3, -0.25) is 14.6 Å². The molecule has 3 N–H and O–H groups in total. The predicted molar refractivity (Wildman–Crippen MR) is 109 cm³/mol. The smallest absolute Gasteiger partial charge is 0.234 e. The summed E-state index contributed by atoms with van der Waals surface area (Å²) in [5.41, 5.74) is 0.586. The summed E-state index contributed by atoms with van der Waals surface area (Å²) in [4.78, 5) is 24.7. The number of carbonyl (C=O) groups excluding carboxylic acids is 1. The van der Waals surface area contributed by atoms with Crippen molar-refractivity contribution in [2.45, 2.75) is 50.9 Å². The first-order chi connectivity index (χ1) is 13.7. The Labute approximate surface area is 174 Å². The van der Waals surface area contributed by atoms with Crippen LogP contribution in [0.4, 0.5) is 4.39 Å². The van der Waals surface area contributed by atoms with Crippen molar-refractivity contribution in [2.75, 3.05) is 26.2 Å². The first-order valence-electron chi connectivity index (χ1n) is 9.98. The first kappa shape index (κ1) is 20.5. The highest BCUT2D eigenvalue weighted by Crippen LogP contribution is 2.31. The number of aliphatic hydroxyl groups is 1. The van der Waals surface area contributed by atoms with E-state index in [0.717, 1.165) is 31.8 Å². The number of carbonyl (C=O) groups is 1. The zero-order valence-corrected chi connectivity index (χ0v) is 17.5. The molecule has 0 radical (unpaired) electrons. The van der Waals surface area contributed by atoms with E-state index < -0.39 is 5.54 Å². The molecule has 2 bridgehead atoms. The number of hydrogen-bond acceptors (Lipinski definition) is 5. The van der Waals surface area contributed by atoms with Crippen LogP contribution in [0.25, 0.3) is 11.0 Å². The molecule has 0 aliphatic carbocycles. The molecule has 2 unspecified atom stereocenters. The summed E-state index contributed by atoms with van der Waals surface area (Å²) < 4.78 is 13.6. The van der Waals surface area contributed by atoms with E-state index in [2.05, 4.69) is 25.1 Å². The van der Waals surface area contributed by atoms with Crippen LogP contribution in [0.2, 0.25) is 5.02 Å². The van der Waals surface area contributed by atoms with Crippen molar-refractivity contribution in [3.8, 4) is 0 Å². The van der Waals surface area contributed by atoms with Gasteiger partial charge in [0.2, 0.25) is 5.91 Å². The fourth-order valence-corrected chi connectivity index (χ4v) is 4.72. The van der Waals surface area contributed by atoms with Crippen LogP contribution in [0, 0.1) is 5.82 Å². The monoisotopic (exact) mass is 423 g/mol. The van der Waals surface area contributed by atoms with Crippen LogP contribution < -0.4 is 5.32 Å². The van der Waals surface area contributed by atoms with Gasteiger partial charge in [0.05, 0.1) is 35.8 Å². The van der Waals surface area contributed by atoms with E-state index in [-0.39, 0.29) is 18.3 Å². The van der Waals surface area contributed by atoms with E-state index in [1.807, 2.05) is 13.8 Å². The van der Waals surface area contributed by atoms with E-state index in [0.29, 0.717) is 41.2 Å². The van der Waals surface area contributed by atoms with Gasteiger partial charge in [-0.25, -0.2) is 9.37 Å². The topological polar surface area (TPSA) is 84.5 Å². The average Bonchev–Trinajstić information content (AvgIpc) is 3.12. The molecule has 1 aromatic heterocycles. The third kappa shape index (κ3) is 4.40. The van der Waals surface area contributed by atoms with Crippen molar-refractivity contribution in [1.29, 1.82) is 0 Å². The summed E-state index contributed by atoms with van der Waals surface area (Å²) in [6, 6.07) is 3.33. The summed E-state index contributed by atoms with van der Waals surface area (Å²) in [6.07, 6.45) is 2.13. The SMILES string of the molecule is CC(C)(CO)NC(=O)CN1C2CCC1CN(Cc1nc3c(Cl)cc(F)cc3[nH]1)C2. The molecule has 7 nitrogen and oxygen atoms in total. The number of rotatable bonds is 6. The molecule has 2 saturated heterocycles. The van der Waals surface area contributed by atoms with Gasteiger partial charge in [0.1, 0.15) is 17.2 Å². The van der Waals surface area contributed by atoms with Gasteiger partial charge >= 0.3 is 0 Å². The van der Waals surface area contributed by atoms with Gasteiger partial charge in [-0.1, -0.05) is 11.6 Å². The third-order valence-electron chi connectivity index (χ3n) is 5.84. The molecule has 158 valence electrons. The number of imidazole rings is 1. The van der Waals surface area contributed by atoms with Crippen LogP contribution in [-0.4, -0.2) is 74.6 Å². The number of aliphatic hydroxyl groups excluding tert-OH is 1. The van der Waals surface area contributed by atoms with Crippen molar-refractivity contribution < 1.29 is 14.3 Å². The number of aromatic nitrogens is 2. The van der Waals surface area contributed by atoms with Crippen molar-refractivity contribution in [3.05, 3.63) is 28.8 Å². The Kier molecular flexibility index (Phi) is 5.54. The molecule has 1 aromatic carbocycles. The number of H-pyrrole nitrogens is 1. The van der Waals surface area contributed by atoms with Crippen LogP contribution in [0.15, 0.2) is 12.1 Å². The van der Waals surface area contributed by atoms with Crippen LogP contribution in [-0.2, 0) is 11.3 Å². The summed E-state index contributed by atoms with van der Waals surface area (Å²) in [7, 11) is 0. The molecule has 1 amide bonds. The molecule has 0 spiro atoms. The van der Waals surface area contributed by atoms with E-state index in [4.69, 9.17) is 11.6 Å². The van der Waals surface area contributed by atoms with Crippen molar-refractivity contribution >= 4 is 28.5 Å². The van der Waals surface area contributed by atoms with Gasteiger partial charge in [-0.15, -0.1) is 0 Å². The Morgan fingerprint density at radius 1 is 1.38 bits per heavy atom. The first-order valence-corrected chi connectivity index (χ1v) is 10.4. The van der Waals surface area contributed by atoms with E-state index >= 15 is 0 Å².